The number of amides is 1. The van der Waals surface area contributed by atoms with Gasteiger partial charge in [-0.1, -0.05) is 35.5 Å². The summed E-state index contributed by atoms with van der Waals surface area (Å²) in [5.74, 6) is 0. The van der Waals surface area contributed by atoms with Crippen molar-refractivity contribution in [2.75, 3.05) is 14.1 Å². The monoisotopic (exact) mass is 230 g/mol. The Hall–Kier alpha value is -2.17. The zero-order chi connectivity index (χ0) is 12.3. The molecule has 5 nitrogen and oxygen atoms in total. The van der Waals surface area contributed by atoms with E-state index < -0.39 is 0 Å². The van der Waals surface area contributed by atoms with Crippen LogP contribution in [0.5, 0.6) is 0 Å². The fourth-order valence-corrected chi connectivity index (χ4v) is 1.53. The predicted octanol–water partition coefficient (Wildman–Crippen LogP) is 1.40. The third-order valence-electron chi connectivity index (χ3n) is 2.41. The maximum Gasteiger partial charge on any atom is 0.345 e. The molecule has 1 heterocycles. The Kier molecular flexibility index (Phi) is 3.18. The number of hydrogen-bond donors (Lipinski definition) is 0. The Morgan fingerprint density at radius 1 is 1.29 bits per heavy atom. The number of aromatic nitrogens is 3. The summed E-state index contributed by atoms with van der Waals surface area (Å²) in [7, 11) is 3.38. The standard InChI is InChI=1S/C12H14N4O/c1-15(2)12(17)16-11(9-13-14-16)8-10-6-4-3-5-7-10/h3-7,9H,8H2,1-2H3. The smallest absolute Gasteiger partial charge is 0.329 e. The van der Waals surface area contributed by atoms with Crippen molar-refractivity contribution >= 4 is 6.03 Å². The Morgan fingerprint density at radius 3 is 2.65 bits per heavy atom. The van der Waals surface area contributed by atoms with E-state index in [0.717, 1.165) is 11.3 Å². The first-order valence-corrected chi connectivity index (χ1v) is 5.33. The molecular formula is C12H14N4O. The molecule has 0 saturated heterocycles. The van der Waals surface area contributed by atoms with Gasteiger partial charge in [-0.05, 0) is 5.56 Å². The third-order valence-corrected chi connectivity index (χ3v) is 2.41. The second kappa shape index (κ2) is 4.78. The van der Waals surface area contributed by atoms with Crippen LogP contribution in [0.25, 0.3) is 0 Å². The number of nitrogens with zero attached hydrogens (tertiary/aromatic N) is 4. The SMILES string of the molecule is CN(C)C(=O)n1nncc1Cc1ccccc1. The molecule has 2 rings (SSSR count). The summed E-state index contributed by atoms with van der Waals surface area (Å²) < 4.78 is 1.33. The molecule has 1 amide bonds. The highest BCUT2D eigenvalue weighted by atomic mass is 16.2. The lowest BCUT2D eigenvalue weighted by Crippen LogP contribution is -2.29. The molecular weight excluding hydrogens is 216 g/mol. The van der Waals surface area contributed by atoms with E-state index in [9.17, 15) is 4.79 Å². The fourth-order valence-electron chi connectivity index (χ4n) is 1.53. The Balaban J connectivity index is 2.23. The van der Waals surface area contributed by atoms with Gasteiger partial charge in [0.1, 0.15) is 0 Å². The number of carbonyl (C=O) groups is 1. The van der Waals surface area contributed by atoms with E-state index in [-0.39, 0.29) is 6.03 Å². The number of carbonyl (C=O) groups excluding carboxylic acids is 1. The zero-order valence-electron chi connectivity index (χ0n) is 9.87. The fraction of sp³-hybridized carbons (Fsp3) is 0.250. The predicted molar refractivity (Wildman–Crippen MR) is 63.8 cm³/mol. The van der Waals surface area contributed by atoms with Crippen molar-refractivity contribution in [3.05, 3.63) is 47.8 Å². The van der Waals surface area contributed by atoms with Crippen LogP contribution in [-0.2, 0) is 6.42 Å². The van der Waals surface area contributed by atoms with Crippen molar-refractivity contribution in [3.63, 3.8) is 0 Å². The van der Waals surface area contributed by atoms with Crippen LogP contribution < -0.4 is 0 Å². The number of rotatable bonds is 2. The van der Waals surface area contributed by atoms with Gasteiger partial charge >= 0.3 is 6.03 Å². The minimum atomic E-state index is -0.187. The molecule has 0 aliphatic rings. The first kappa shape index (κ1) is 11.3. The minimum absolute atomic E-state index is 0.187. The molecule has 0 radical (unpaired) electrons. The highest BCUT2D eigenvalue weighted by Gasteiger charge is 2.13. The maximum atomic E-state index is 11.8. The molecule has 0 aliphatic carbocycles. The molecule has 0 unspecified atom stereocenters. The van der Waals surface area contributed by atoms with Crippen molar-refractivity contribution < 1.29 is 4.79 Å². The first-order valence-electron chi connectivity index (χ1n) is 5.33. The number of benzene rings is 1. The van der Waals surface area contributed by atoms with E-state index in [2.05, 4.69) is 10.3 Å². The third kappa shape index (κ3) is 2.50. The van der Waals surface area contributed by atoms with Gasteiger partial charge in [-0.15, -0.1) is 5.10 Å². The topological polar surface area (TPSA) is 51.0 Å². The molecule has 0 saturated carbocycles. The molecule has 0 aliphatic heterocycles. The van der Waals surface area contributed by atoms with Crippen molar-refractivity contribution in [3.8, 4) is 0 Å². The van der Waals surface area contributed by atoms with Gasteiger partial charge in [0.05, 0.1) is 11.9 Å². The molecule has 2 aromatic rings. The Labute approximate surface area is 99.7 Å². The lowest BCUT2D eigenvalue weighted by atomic mass is 10.1. The van der Waals surface area contributed by atoms with Gasteiger partial charge in [0.25, 0.3) is 0 Å². The van der Waals surface area contributed by atoms with E-state index in [1.807, 2.05) is 30.3 Å². The average molecular weight is 230 g/mol. The normalized spacial score (nSPS) is 10.2. The molecule has 5 heteroatoms. The van der Waals surface area contributed by atoms with E-state index >= 15 is 0 Å². The van der Waals surface area contributed by atoms with Crippen molar-refractivity contribution in [2.24, 2.45) is 0 Å². The van der Waals surface area contributed by atoms with Crippen LogP contribution in [0.2, 0.25) is 0 Å². The molecule has 0 fully saturated rings. The Bertz CT molecular complexity index is 504. The van der Waals surface area contributed by atoms with Gasteiger partial charge in [-0.25, -0.2) is 4.79 Å². The van der Waals surface area contributed by atoms with Crippen LogP contribution in [0.3, 0.4) is 0 Å². The van der Waals surface area contributed by atoms with Crippen molar-refractivity contribution in [1.82, 2.24) is 19.9 Å². The molecule has 88 valence electrons. The molecule has 1 aromatic heterocycles. The quantitative estimate of drug-likeness (QED) is 0.783. The highest BCUT2D eigenvalue weighted by molar-refractivity contribution is 5.75. The van der Waals surface area contributed by atoms with Crippen LogP contribution in [0.1, 0.15) is 11.3 Å². The van der Waals surface area contributed by atoms with E-state index in [1.54, 1.807) is 20.3 Å². The molecule has 0 atom stereocenters. The highest BCUT2D eigenvalue weighted by Crippen LogP contribution is 2.08. The maximum absolute atomic E-state index is 11.8. The molecule has 17 heavy (non-hydrogen) atoms. The largest absolute Gasteiger partial charge is 0.345 e. The summed E-state index contributed by atoms with van der Waals surface area (Å²) in [6.07, 6.45) is 2.27. The molecule has 0 bridgehead atoms. The first-order chi connectivity index (χ1) is 8.18. The lowest BCUT2D eigenvalue weighted by Gasteiger charge is -2.11. The van der Waals surface area contributed by atoms with Crippen LogP contribution in [0.15, 0.2) is 36.5 Å². The van der Waals surface area contributed by atoms with Gasteiger partial charge in [0.2, 0.25) is 0 Å². The average Bonchev–Trinajstić information content (AvgIpc) is 2.77. The number of hydrogen-bond acceptors (Lipinski definition) is 3. The second-order valence-electron chi connectivity index (χ2n) is 3.98. The van der Waals surface area contributed by atoms with Crippen molar-refractivity contribution in [1.29, 1.82) is 0 Å². The summed E-state index contributed by atoms with van der Waals surface area (Å²) in [6, 6.07) is 9.74. The minimum Gasteiger partial charge on any atom is -0.329 e. The van der Waals surface area contributed by atoms with Crippen LogP contribution >= 0.6 is 0 Å². The van der Waals surface area contributed by atoms with E-state index in [1.165, 1.54) is 9.58 Å². The van der Waals surface area contributed by atoms with Crippen LogP contribution in [0.4, 0.5) is 4.79 Å². The summed E-state index contributed by atoms with van der Waals surface area (Å²) in [5, 5.41) is 7.60. The lowest BCUT2D eigenvalue weighted by molar-refractivity contribution is 0.214. The van der Waals surface area contributed by atoms with Gasteiger partial charge < -0.3 is 4.90 Å². The summed E-state index contributed by atoms with van der Waals surface area (Å²) >= 11 is 0. The van der Waals surface area contributed by atoms with Crippen LogP contribution in [-0.4, -0.2) is 40.0 Å². The summed E-state index contributed by atoms with van der Waals surface area (Å²) in [4.78, 5) is 13.3. The summed E-state index contributed by atoms with van der Waals surface area (Å²) in [6.45, 7) is 0. The molecule has 1 aromatic carbocycles. The van der Waals surface area contributed by atoms with E-state index in [0.29, 0.717) is 6.42 Å². The zero-order valence-corrected chi connectivity index (χ0v) is 9.87. The van der Waals surface area contributed by atoms with Gasteiger partial charge in [-0.2, -0.15) is 4.68 Å². The van der Waals surface area contributed by atoms with Crippen LogP contribution in [0, 0.1) is 0 Å². The molecule has 0 N–H and O–H groups in total. The van der Waals surface area contributed by atoms with Gasteiger partial charge in [0, 0.05) is 20.5 Å². The van der Waals surface area contributed by atoms with Crippen molar-refractivity contribution in [2.45, 2.75) is 6.42 Å². The summed E-state index contributed by atoms with van der Waals surface area (Å²) in [5.41, 5.74) is 1.91. The van der Waals surface area contributed by atoms with Gasteiger partial charge in [-0.3, -0.25) is 0 Å². The Morgan fingerprint density at radius 2 is 2.00 bits per heavy atom. The second-order valence-corrected chi connectivity index (χ2v) is 3.98. The van der Waals surface area contributed by atoms with Gasteiger partial charge in [0.15, 0.2) is 0 Å². The van der Waals surface area contributed by atoms with E-state index in [4.69, 9.17) is 0 Å². The molecule has 0 spiro atoms.